The minimum absolute atomic E-state index is 0.00404. The van der Waals surface area contributed by atoms with Gasteiger partial charge in [-0.25, -0.2) is 9.97 Å². The van der Waals surface area contributed by atoms with Crippen molar-refractivity contribution in [2.45, 2.75) is 19.2 Å². The fraction of sp³-hybridized carbons (Fsp3) is 0.250. The van der Waals surface area contributed by atoms with Gasteiger partial charge >= 0.3 is 0 Å². The van der Waals surface area contributed by atoms with Crippen molar-refractivity contribution in [3.05, 3.63) is 52.8 Å². The van der Waals surface area contributed by atoms with Gasteiger partial charge in [0.15, 0.2) is 0 Å². The molecule has 22 heavy (non-hydrogen) atoms. The number of hydrogen-bond acceptors (Lipinski definition) is 5. The number of anilines is 1. The van der Waals surface area contributed by atoms with Crippen molar-refractivity contribution in [2.24, 2.45) is 0 Å². The first kappa shape index (κ1) is 14.5. The smallest absolute Gasteiger partial charge is 0.240 e. The highest BCUT2D eigenvalue weighted by atomic mass is 32.2. The lowest BCUT2D eigenvalue weighted by atomic mass is 10.1. The summed E-state index contributed by atoms with van der Waals surface area (Å²) in [5.41, 5.74) is 3.25. The molecule has 2 heterocycles. The van der Waals surface area contributed by atoms with E-state index in [2.05, 4.69) is 16.0 Å². The Balaban J connectivity index is 2.00. The summed E-state index contributed by atoms with van der Waals surface area (Å²) in [6, 6.07) is 11.3. The topological polar surface area (TPSA) is 69.9 Å². The van der Waals surface area contributed by atoms with Gasteiger partial charge in [0, 0.05) is 11.4 Å². The molecule has 0 spiro atoms. The van der Waals surface area contributed by atoms with Crippen LogP contribution in [0.3, 0.4) is 0 Å². The second kappa shape index (κ2) is 5.78. The molecule has 1 aromatic heterocycles. The summed E-state index contributed by atoms with van der Waals surface area (Å²) < 4.78 is 0. The first-order chi connectivity index (χ1) is 10.6. The Bertz CT molecular complexity index is 746. The van der Waals surface area contributed by atoms with Crippen molar-refractivity contribution in [1.82, 2.24) is 9.97 Å². The third kappa shape index (κ3) is 2.68. The Hall–Kier alpha value is -2.39. The highest BCUT2D eigenvalue weighted by Gasteiger charge is 2.35. The third-order valence-electron chi connectivity index (χ3n) is 3.38. The van der Waals surface area contributed by atoms with E-state index < -0.39 is 0 Å². The average molecular weight is 310 g/mol. The first-order valence-electron chi connectivity index (χ1n) is 6.84. The second-order valence-corrected chi connectivity index (χ2v) is 6.18. The van der Waals surface area contributed by atoms with E-state index in [1.54, 1.807) is 28.8 Å². The minimum atomic E-state index is -0.151. The van der Waals surface area contributed by atoms with E-state index in [0.29, 0.717) is 17.3 Å². The molecular formula is C16H14N4OS. The van der Waals surface area contributed by atoms with Gasteiger partial charge in [-0.15, -0.1) is 11.8 Å². The molecule has 3 rings (SSSR count). The summed E-state index contributed by atoms with van der Waals surface area (Å²) in [7, 11) is 0. The van der Waals surface area contributed by atoms with Gasteiger partial charge in [-0.2, -0.15) is 5.26 Å². The van der Waals surface area contributed by atoms with E-state index in [1.165, 1.54) is 0 Å². The van der Waals surface area contributed by atoms with Gasteiger partial charge in [0.05, 0.1) is 17.4 Å². The molecule has 0 aliphatic carbocycles. The maximum absolute atomic E-state index is 12.3. The molecule has 0 radical (unpaired) electrons. The van der Waals surface area contributed by atoms with Crippen molar-refractivity contribution >= 4 is 23.6 Å². The quantitative estimate of drug-likeness (QED) is 0.853. The lowest BCUT2D eigenvalue weighted by Gasteiger charge is -2.22. The van der Waals surface area contributed by atoms with Crippen LogP contribution in [0, 0.1) is 25.2 Å². The predicted octanol–water partition coefficient (Wildman–Crippen LogP) is 2.74. The number of nitriles is 1. The number of thioether (sulfide) groups is 1. The number of carbonyl (C=O) groups excluding carboxylic acids is 1. The normalized spacial score (nSPS) is 17.6. The van der Waals surface area contributed by atoms with Crippen molar-refractivity contribution in [3.8, 4) is 6.07 Å². The minimum Gasteiger partial charge on any atom is -0.273 e. The summed E-state index contributed by atoms with van der Waals surface area (Å²) in [6.45, 7) is 3.78. The van der Waals surface area contributed by atoms with Crippen LogP contribution in [0.1, 0.15) is 27.9 Å². The number of aromatic nitrogens is 2. The van der Waals surface area contributed by atoms with Gasteiger partial charge < -0.3 is 0 Å². The van der Waals surface area contributed by atoms with Gasteiger partial charge in [-0.3, -0.25) is 9.69 Å². The molecule has 1 unspecified atom stereocenters. The molecule has 1 aliphatic rings. The van der Waals surface area contributed by atoms with Crippen molar-refractivity contribution in [1.29, 1.82) is 5.26 Å². The first-order valence-corrected chi connectivity index (χ1v) is 7.89. The van der Waals surface area contributed by atoms with E-state index in [9.17, 15) is 4.79 Å². The Morgan fingerprint density at radius 3 is 2.45 bits per heavy atom. The summed E-state index contributed by atoms with van der Waals surface area (Å²) in [4.78, 5) is 22.7. The molecule has 0 N–H and O–H groups in total. The van der Waals surface area contributed by atoms with Crippen LogP contribution in [-0.2, 0) is 4.79 Å². The highest BCUT2D eigenvalue weighted by molar-refractivity contribution is 8.00. The Kier molecular flexibility index (Phi) is 3.82. The number of aryl methyl sites for hydroxylation is 2. The predicted molar refractivity (Wildman–Crippen MR) is 85.3 cm³/mol. The fourth-order valence-electron chi connectivity index (χ4n) is 2.42. The van der Waals surface area contributed by atoms with Crippen LogP contribution in [0.2, 0.25) is 0 Å². The monoisotopic (exact) mass is 310 g/mol. The zero-order valence-corrected chi connectivity index (χ0v) is 13.1. The number of carbonyl (C=O) groups is 1. The molecule has 0 saturated carbocycles. The lowest BCUT2D eigenvalue weighted by molar-refractivity contribution is -0.115. The summed E-state index contributed by atoms with van der Waals surface area (Å²) >= 11 is 1.55. The van der Waals surface area contributed by atoms with Crippen LogP contribution in [0.15, 0.2) is 30.3 Å². The van der Waals surface area contributed by atoms with Gasteiger partial charge in [-0.1, -0.05) is 12.1 Å². The molecule has 5 nitrogen and oxygen atoms in total. The van der Waals surface area contributed by atoms with Crippen LogP contribution < -0.4 is 4.90 Å². The molecule has 1 fully saturated rings. The summed E-state index contributed by atoms with van der Waals surface area (Å²) in [5.74, 6) is 0.854. The van der Waals surface area contributed by atoms with Gasteiger partial charge in [-0.05, 0) is 37.6 Å². The number of nitrogens with zero attached hydrogens (tertiary/aromatic N) is 4. The van der Waals surface area contributed by atoms with Crippen LogP contribution in [0.25, 0.3) is 0 Å². The lowest BCUT2D eigenvalue weighted by Crippen LogP contribution is -2.30. The maximum atomic E-state index is 12.3. The molecular weight excluding hydrogens is 296 g/mol. The van der Waals surface area contributed by atoms with Crippen LogP contribution in [-0.4, -0.2) is 21.6 Å². The number of benzene rings is 1. The summed E-state index contributed by atoms with van der Waals surface area (Å²) in [5, 5.41) is 8.74. The van der Waals surface area contributed by atoms with Crippen LogP contribution in [0.4, 0.5) is 5.95 Å². The van der Waals surface area contributed by atoms with E-state index >= 15 is 0 Å². The summed E-state index contributed by atoms with van der Waals surface area (Å²) in [6.07, 6.45) is 0. The molecule has 1 atom stereocenters. The molecule has 1 amide bonds. The average Bonchev–Trinajstić information content (AvgIpc) is 2.88. The second-order valence-electron chi connectivity index (χ2n) is 5.11. The Labute approximate surface area is 133 Å². The highest BCUT2D eigenvalue weighted by Crippen LogP contribution is 2.40. The standard InChI is InChI=1S/C16H14N4OS/c1-10-7-11(2)19-16(18-10)20-14(21)9-22-15(20)13-5-3-12(8-17)4-6-13/h3-7,15H,9H2,1-2H3. The maximum Gasteiger partial charge on any atom is 0.240 e. The van der Waals surface area contributed by atoms with Gasteiger partial charge in [0.1, 0.15) is 5.37 Å². The number of rotatable bonds is 2. The fourth-order valence-corrected chi connectivity index (χ4v) is 3.57. The third-order valence-corrected chi connectivity index (χ3v) is 4.59. The zero-order chi connectivity index (χ0) is 15.7. The number of hydrogen-bond donors (Lipinski definition) is 0. The van der Waals surface area contributed by atoms with Gasteiger partial charge in [0.2, 0.25) is 11.9 Å². The zero-order valence-electron chi connectivity index (χ0n) is 12.3. The molecule has 1 saturated heterocycles. The van der Waals surface area contributed by atoms with Crippen molar-refractivity contribution in [2.75, 3.05) is 10.7 Å². The molecule has 1 aromatic carbocycles. The molecule has 0 bridgehead atoms. The van der Waals surface area contributed by atoms with Crippen molar-refractivity contribution in [3.63, 3.8) is 0 Å². The molecule has 2 aromatic rings. The largest absolute Gasteiger partial charge is 0.273 e. The number of amides is 1. The Morgan fingerprint density at radius 1 is 1.23 bits per heavy atom. The van der Waals surface area contributed by atoms with Crippen LogP contribution in [0.5, 0.6) is 0 Å². The SMILES string of the molecule is Cc1cc(C)nc(N2C(=O)CSC2c2ccc(C#N)cc2)n1. The van der Waals surface area contributed by atoms with Crippen molar-refractivity contribution < 1.29 is 4.79 Å². The van der Waals surface area contributed by atoms with Gasteiger partial charge in [0.25, 0.3) is 0 Å². The van der Waals surface area contributed by atoms with E-state index in [4.69, 9.17) is 5.26 Å². The van der Waals surface area contributed by atoms with E-state index in [1.807, 2.05) is 32.0 Å². The molecule has 110 valence electrons. The molecule has 1 aliphatic heterocycles. The Morgan fingerprint density at radius 2 is 1.86 bits per heavy atom. The van der Waals surface area contributed by atoms with E-state index in [0.717, 1.165) is 17.0 Å². The van der Waals surface area contributed by atoms with E-state index in [-0.39, 0.29) is 11.3 Å². The van der Waals surface area contributed by atoms with Crippen LogP contribution >= 0.6 is 11.8 Å². The molecule has 6 heteroatoms.